The van der Waals surface area contributed by atoms with E-state index in [4.69, 9.17) is 9.47 Å². The van der Waals surface area contributed by atoms with Crippen molar-refractivity contribution in [3.05, 3.63) is 29.8 Å². The Morgan fingerprint density at radius 3 is 2.33 bits per heavy atom. The van der Waals surface area contributed by atoms with Crippen LogP contribution in [0.3, 0.4) is 0 Å². The highest BCUT2D eigenvalue weighted by molar-refractivity contribution is 5.93. The lowest BCUT2D eigenvalue weighted by atomic mass is 10.0. The van der Waals surface area contributed by atoms with Crippen LogP contribution >= 0.6 is 0 Å². The lowest BCUT2D eigenvalue weighted by Crippen LogP contribution is -2.29. The van der Waals surface area contributed by atoms with Crippen molar-refractivity contribution in [2.45, 2.75) is 39.2 Å². The number of hydrogen-bond donors (Lipinski definition) is 1. The smallest absolute Gasteiger partial charge is 0.338 e. The number of methoxy groups -OCH3 is 1. The number of carbonyl (C=O) groups excluding carboxylic acids is 2. The van der Waals surface area contributed by atoms with Gasteiger partial charge < -0.3 is 14.8 Å². The fourth-order valence-corrected chi connectivity index (χ4v) is 1.63. The van der Waals surface area contributed by atoms with E-state index in [0.29, 0.717) is 17.9 Å². The number of benzene rings is 1. The van der Waals surface area contributed by atoms with Crippen molar-refractivity contribution < 1.29 is 19.1 Å². The van der Waals surface area contributed by atoms with Gasteiger partial charge in [-0.25, -0.2) is 4.79 Å². The van der Waals surface area contributed by atoms with E-state index in [2.05, 4.69) is 5.32 Å². The summed E-state index contributed by atoms with van der Waals surface area (Å²) in [7, 11) is 1.57. The summed E-state index contributed by atoms with van der Waals surface area (Å²) in [5.41, 5.74) is 0.603. The Bertz CT molecular complexity index is 480. The summed E-state index contributed by atoms with van der Waals surface area (Å²) in [5.74, 6) is -0.488. The van der Waals surface area contributed by atoms with Crippen LogP contribution in [0.2, 0.25) is 0 Å². The van der Waals surface area contributed by atoms with Crippen molar-refractivity contribution >= 4 is 17.6 Å². The van der Waals surface area contributed by atoms with Crippen molar-refractivity contribution in [3.8, 4) is 0 Å². The van der Waals surface area contributed by atoms with Gasteiger partial charge in [-0.1, -0.05) is 6.92 Å². The van der Waals surface area contributed by atoms with Gasteiger partial charge in [-0.15, -0.1) is 0 Å². The normalized spacial score (nSPS) is 11.0. The lowest BCUT2D eigenvalue weighted by molar-refractivity contribution is -0.121. The summed E-state index contributed by atoms with van der Waals surface area (Å²) in [6.45, 7) is 6.04. The summed E-state index contributed by atoms with van der Waals surface area (Å²) in [4.78, 5) is 23.5. The predicted molar refractivity (Wildman–Crippen MR) is 81.4 cm³/mol. The van der Waals surface area contributed by atoms with Crippen molar-refractivity contribution in [1.82, 2.24) is 0 Å². The fourth-order valence-electron chi connectivity index (χ4n) is 1.63. The topological polar surface area (TPSA) is 64.6 Å². The number of esters is 1. The third-order valence-electron chi connectivity index (χ3n) is 2.98. The van der Waals surface area contributed by atoms with Crippen molar-refractivity contribution in [3.63, 3.8) is 0 Å². The molecule has 0 saturated heterocycles. The first-order valence-electron chi connectivity index (χ1n) is 7.00. The van der Waals surface area contributed by atoms with E-state index in [9.17, 15) is 9.59 Å². The van der Waals surface area contributed by atoms with Crippen LogP contribution in [0.15, 0.2) is 24.3 Å². The molecule has 5 nitrogen and oxygen atoms in total. The highest BCUT2D eigenvalue weighted by Gasteiger charge is 2.21. The molecular weight excluding hydrogens is 270 g/mol. The van der Waals surface area contributed by atoms with Gasteiger partial charge in [0.25, 0.3) is 0 Å². The van der Waals surface area contributed by atoms with E-state index >= 15 is 0 Å². The van der Waals surface area contributed by atoms with Crippen LogP contribution in [0.1, 0.15) is 44.0 Å². The zero-order valence-electron chi connectivity index (χ0n) is 13.1. The molecule has 0 aliphatic heterocycles. The van der Waals surface area contributed by atoms with E-state index in [-0.39, 0.29) is 18.3 Å². The molecule has 1 rings (SSSR count). The minimum absolute atomic E-state index is 0.136. The standard InChI is InChI=1S/C16H23NO4/c1-5-10-21-15(19)12-6-8-13(9-7-12)17-14(18)11-16(2,3)20-4/h6-9H,5,10-11H2,1-4H3,(H,17,18). The second-order valence-electron chi connectivity index (χ2n) is 5.40. The second-order valence-corrected chi connectivity index (χ2v) is 5.40. The highest BCUT2D eigenvalue weighted by Crippen LogP contribution is 2.16. The third kappa shape index (κ3) is 5.95. The van der Waals surface area contributed by atoms with Gasteiger partial charge in [-0.3, -0.25) is 4.79 Å². The minimum atomic E-state index is -0.506. The maximum atomic E-state index is 11.9. The first-order valence-corrected chi connectivity index (χ1v) is 7.00. The molecule has 1 N–H and O–H groups in total. The molecule has 0 saturated carbocycles. The van der Waals surface area contributed by atoms with Gasteiger partial charge in [-0.2, -0.15) is 0 Å². The Morgan fingerprint density at radius 2 is 1.81 bits per heavy atom. The number of hydrogen-bond acceptors (Lipinski definition) is 4. The molecule has 1 amide bonds. The van der Waals surface area contributed by atoms with Crippen LogP contribution in [-0.4, -0.2) is 31.2 Å². The Morgan fingerprint density at radius 1 is 1.19 bits per heavy atom. The molecular formula is C16H23NO4. The summed E-state index contributed by atoms with van der Waals surface area (Å²) in [6.07, 6.45) is 1.04. The lowest BCUT2D eigenvalue weighted by Gasteiger charge is -2.21. The minimum Gasteiger partial charge on any atom is -0.462 e. The van der Waals surface area contributed by atoms with Crippen LogP contribution in [0.5, 0.6) is 0 Å². The van der Waals surface area contributed by atoms with Gasteiger partial charge in [0.1, 0.15) is 0 Å². The molecule has 0 heterocycles. The molecule has 0 aliphatic carbocycles. The highest BCUT2D eigenvalue weighted by atomic mass is 16.5. The van der Waals surface area contributed by atoms with Gasteiger partial charge in [0.15, 0.2) is 0 Å². The number of anilines is 1. The number of rotatable bonds is 7. The van der Waals surface area contributed by atoms with Crippen molar-refractivity contribution in [2.75, 3.05) is 19.0 Å². The van der Waals surface area contributed by atoms with E-state index in [0.717, 1.165) is 6.42 Å². The fraction of sp³-hybridized carbons (Fsp3) is 0.500. The molecule has 0 fully saturated rings. The van der Waals surface area contributed by atoms with Crippen LogP contribution in [0.25, 0.3) is 0 Å². The average molecular weight is 293 g/mol. The molecule has 1 aromatic rings. The average Bonchev–Trinajstić information content (AvgIpc) is 2.45. The van der Waals surface area contributed by atoms with E-state index in [1.165, 1.54) is 0 Å². The number of carbonyl (C=O) groups is 2. The molecule has 0 atom stereocenters. The van der Waals surface area contributed by atoms with E-state index < -0.39 is 5.60 Å². The molecule has 0 aliphatic rings. The molecule has 5 heteroatoms. The maximum Gasteiger partial charge on any atom is 0.338 e. The first kappa shape index (κ1) is 17.2. The van der Waals surface area contributed by atoms with E-state index in [1.807, 2.05) is 20.8 Å². The Balaban J connectivity index is 2.58. The Kier molecular flexibility index (Phi) is 6.37. The number of amides is 1. The summed E-state index contributed by atoms with van der Waals surface area (Å²) in [5, 5.41) is 2.77. The monoisotopic (exact) mass is 293 g/mol. The van der Waals surface area contributed by atoms with Crippen molar-refractivity contribution in [1.29, 1.82) is 0 Å². The molecule has 1 aromatic carbocycles. The van der Waals surface area contributed by atoms with Gasteiger partial charge >= 0.3 is 5.97 Å². The van der Waals surface area contributed by atoms with Gasteiger partial charge in [0, 0.05) is 12.8 Å². The number of ether oxygens (including phenoxy) is 2. The summed E-state index contributed by atoms with van der Waals surface area (Å²) < 4.78 is 10.2. The summed E-state index contributed by atoms with van der Waals surface area (Å²) >= 11 is 0. The molecule has 116 valence electrons. The Hall–Kier alpha value is -1.88. The third-order valence-corrected chi connectivity index (χ3v) is 2.98. The van der Waals surface area contributed by atoms with E-state index in [1.54, 1.807) is 31.4 Å². The quantitative estimate of drug-likeness (QED) is 0.785. The summed E-state index contributed by atoms with van der Waals surface area (Å²) in [6, 6.07) is 6.63. The largest absolute Gasteiger partial charge is 0.462 e. The van der Waals surface area contributed by atoms with Crippen LogP contribution in [0.4, 0.5) is 5.69 Å². The zero-order valence-corrected chi connectivity index (χ0v) is 13.1. The molecule has 0 spiro atoms. The predicted octanol–water partition coefficient (Wildman–Crippen LogP) is 3.01. The molecule has 0 bridgehead atoms. The zero-order chi connectivity index (χ0) is 15.9. The van der Waals surface area contributed by atoms with Crippen LogP contribution in [0, 0.1) is 0 Å². The van der Waals surface area contributed by atoms with Crippen LogP contribution < -0.4 is 5.32 Å². The molecule has 0 aromatic heterocycles. The van der Waals surface area contributed by atoms with Gasteiger partial charge in [0.2, 0.25) is 5.91 Å². The Labute approximate surface area is 125 Å². The molecule has 21 heavy (non-hydrogen) atoms. The molecule has 0 unspecified atom stereocenters. The van der Waals surface area contributed by atoms with Crippen molar-refractivity contribution in [2.24, 2.45) is 0 Å². The maximum absolute atomic E-state index is 11.9. The first-order chi connectivity index (χ1) is 9.88. The van der Waals surface area contributed by atoms with Gasteiger partial charge in [-0.05, 0) is 44.5 Å². The van der Waals surface area contributed by atoms with Crippen LogP contribution in [-0.2, 0) is 14.3 Å². The molecule has 0 radical (unpaired) electrons. The van der Waals surface area contributed by atoms with Gasteiger partial charge in [0.05, 0.1) is 24.2 Å². The second kappa shape index (κ2) is 7.78. The SMILES string of the molecule is CCCOC(=O)c1ccc(NC(=O)CC(C)(C)OC)cc1. The number of nitrogens with one attached hydrogen (secondary N) is 1.